The lowest BCUT2D eigenvalue weighted by atomic mass is 10.1. The zero-order valence-corrected chi connectivity index (χ0v) is 13.1. The fourth-order valence-corrected chi connectivity index (χ4v) is 3.75. The number of nitrogens with zero attached hydrogens (tertiary/aromatic N) is 2. The maximum Gasteiger partial charge on any atom is 0.152 e. The number of hydrogen-bond acceptors (Lipinski definition) is 4. The maximum atomic E-state index is 11.8. The molecule has 1 aromatic heterocycles. The Morgan fingerprint density at radius 3 is 2.90 bits per heavy atom. The molecule has 1 aromatic rings. The molecule has 0 bridgehead atoms. The van der Waals surface area contributed by atoms with Crippen molar-refractivity contribution >= 4 is 9.84 Å². The van der Waals surface area contributed by atoms with Crippen LogP contribution in [-0.4, -0.2) is 42.4 Å². The fourth-order valence-electron chi connectivity index (χ4n) is 2.75. The van der Waals surface area contributed by atoms with Crippen LogP contribution in [0, 0.1) is 0 Å². The summed E-state index contributed by atoms with van der Waals surface area (Å²) in [7, 11) is -2.91. The highest BCUT2D eigenvalue weighted by Crippen LogP contribution is 2.31. The highest BCUT2D eigenvalue weighted by atomic mass is 32.2. The van der Waals surface area contributed by atoms with E-state index in [1.54, 1.807) is 20.0 Å². The van der Waals surface area contributed by atoms with E-state index in [0.717, 1.165) is 25.9 Å². The average Bonchev–Trinajstić information content (AvgIpc) is 2.88. The highest BCUT2D eigenvalue weighted by molar-refractivity contribution is 7.91. The first-order valence-electron chi connectivity index (χ1n) is 7.36. The molecular formula is C15H24N2O2S. The molecular weight excluding hydrogens is 272 g/mol. The topological polar surface area (TPSA) is 50.3 Å². The lowest BCUT2D eigenvalue weighted by Gasteiger charge is -2.24. The molecule has 1 unspecified atom stereocenters. The molecule has 1 aliphatic rings. The molecule has 1 fully saturated rings. The van der Waals surface area contributed by atoms with Crippen molar-refractivity contribution in [2.24, 2.45) is 0 Å². The normalized spacial score (nSPS) is 20.6. The minimum Gasteiger partial charge on any atom is -0.296 e. The molecule has 0 aromatic carbocycles. The summed E-state index contributed by atoms with van der Waals surface area (Å²) < 4.78 is 23.7. The van der Waals surface area contributed by atoms with Gasteiger partial charge >= 0.3 is 0 Å². The maximum absolute atomic E-state index is 11.8. The Hall–Kier alpha value is -0.940. The predicted octanol–water partition coefficient (Wildman–Crippen LogP) is 2.43. The second-order valence-corrected chi connectivity index (χ2v) is 8.43. The molecule has 0 aliphatic carbocycles. The van der Waals surface area contributed by atoms with E-state index in [2.05, 4.69) is 16.0 Å². The molecule has 0 N–H and O–H groups in total. The molecule has 1 aliphatic heterocycles. The van der Waals surface area contributed by atoms with E-state index in [0.29, 0.717) is 11.8 Å². The van der Waals surface area contributed by atoms with Gasteiger partial charge in [0.25, 0.3) is 0 Å². The van der Waals surface area contributed by atoms with Crippen LogP contribution in [0.5, 0.6) is 0 Å². The Morgan fingerprint density at radius 1 is 1.45 bits per heavy atom. The van der Waals surface area contributed by atoms with Gasteiger partial charge in [0.2, 0.25) is 0 Å². The fraction of sp³-hybridized carbons (Fsp3) is 0.667. The first-order chi connectivity index (χ1) is 9.50. The van der Waals surface area contributed by atoms with Crippen molar-refractivity contribution in [1.82, 2.24) is 9.88 Å². The van der Waals surface area contributed by atoms with Crippen LogP contribution < -0.4 is 0 Å². The Bertz CT molecular complexity index is 514. The summed E-state index contributed by atoms with van der Waals surface area (Å²) >= 11 is 0. The number of hydrogen-bond donors (Lipinski definition) is 0. The van der Waals surface area contributed by atoms with Crippen LogP contribution in [0.25, 0.3) is 0 Å². The van der Waals surface area contributed by atoms with Gasteiger partial charge in [0.05, 0.1) is 11.0 Å². The summed E-state index contributed by atoms with van der Waals surface area (Å²) in [5.74, 6) is 0.293. The molecule has 0 amide bonds. The van der Waals surface area contributed by atoms with Crippen molar-refractivity contribution in [3.05, 3.63) is 30.1 Å². The van der Waals surface area contributed by atoms with Gasteiger partial charge in [-0.05, 0) is 57.8 Å². The first kappa shape index (κ1) is 15.4. The van der Waals surface area contributed by atoms with Crippen LogP contribution in [0.2, 0.25) is 0 Å². The molecule has 0 radical (unpaired) electrons. The molecule has 1 saturated heterocycles. The van der Waals surface area contributed by atoms with Gasteiger partial charge in [-0.1, -0.05) is 6.07 Å². The van der Waals surface area contributed by atoms with Crippen LogP contribution in [-0.2, 0) is 9.84 Å². The van der Waals surface area contributed by atoms with Crippen molar-refractivity contribution in [3.8, 4) is 0 Å². The number of rotatable bonds is 6. The van der Waals surface area contributed by atoms with Crippen molar-refractivity contribution in [2.75, 3.05) is 18.8 Å². The van der Waals surface area contributed by atoms with Crippen LogP contribution >= 0.6 is 0 Å². The molecule has 1 atom stereocenters. The zero-order chi connectivity index (χ0) is 14.6. The van der Waals surface area contributed by atoms with Gasteiger partial charge in [-0.15, -0.1) is 0 Å². The Labute approximate surface area is 122 Å². The van der Waals surface area contributed by atoms with Gasteiger partial charge in [0.1, 0.15) is 0 Å². The lowest BCUT2D eigenvalue weighted by molar-refractivity contribution is 0.257. The number of pyridine rings is 1. The van der Waals surface area contributed by atoms with Crippen LogP contribution in [0.3, 0.4) is 0 Å². The van der Waals surface area contributed by atoms with Crippen molar-refractivity contribution in [2.45, 2.75) is 44.4 Å². The van der Waals surface area contributed by atoms with E-state index in [1.165, 1.54) is 12.0 Å². The minimum absolute atomic E-state index is 0.268. The van der Waals surface area contributed by atoms with Crippen LogP contribution in [0.15, 0.2) is 24.5 Å². The average molecular weight is 296 g/mol. The molecule has 0 spiro atoms. The summed E-state index contributed by atoms with van der Waals surface area (Å²) in [4.78, 5) is 6.58. The standard InChI is InChI=1S/C15H24N2O2S/c1-13(2)20(18,19)11-5-10-17-9-4-7-15(17)14-6-3-8-16-12-14/h3,6,8,12-13,15H,4-5,7,9-11H2,1-2H3. The van der Waals surface area contributed by atoms with Gasteiger partial charge in [0.15, 0.2) is 9.84 Å². The smallest absolute Gasteiger partial charge is 0.152 e. The number of aromatic nitrogens is 1. The van der Waals surface area contributed by atoms with Gasteiger partial charge in [-0.3, -0.25) is 9.88 Å². The van der Waals surface area contributed by atoms with Crippen molar-refractivity contribution < 1.29 is 8.42 Å². The summed E-state index contributed by atoms with van der Waals surface area (Å²) in [6.45, 7) is 5.42. The molecule has 5 heteroatoms. The van der Waals surface area contributed by atoms with Gasteiger partial charge in [-0.25, -0.2) is 8.42 Å². The molecule has 4 nitrogen and oxygen atoms in total. The van der Waals surface area contributed by atoms with Crippen molar-refractivity contribution in [3.63, 3.8) is 0 Å². The third-order valence-electron chi connectivity index (χ3n) is 4.03. The van der Waals surface area contributed by atoms with E-state index < -0.39 is 9.84 Å². The summed E-state index contributed by atoms with van der Waals surface area (Å²) in [6, 6.07) is 4.49. The van der Waals surface area contributed by atoms with E-state index in [4.69, 9.17) is 0 Å². The third-order valence-corrected chi connectivity index (χ3v) is 6.32. The SMILES string of the molecule is CC(C)S(=O)(=O)CCCN1CCCC1c1cccnc1. The quantitative estimate of drug-likeness (QED) is 0.809. The summed E-state index contributed by atoms with van der Waals surface area (Å²) in [5, 5.41) is -0.268. The number of likely N-dealkylation sites (tertiary alicyclic amines) is 1. The third kappa shape index (κ3) is 3.79. The second kappa shape index (κ2) is 6.68. The van der Waals surface area contributed by atoms with E-state index in [9.17, 15) is 8.42 Å². The molecule has 20 heavy (non-hydrogen) atoms. The van der Waals surface area contributed by atoms with Gasteiger partial charge in [0, 0.05) is 18.4 Å². The van der Waals surface area contributed by atoms with E-state index in [-0.39, 0.29) is 5.25 Å². The molecule has 0 saturated carbocycles. The zero-order valence-electron chi connectivity index (χ0n) is 12.3. The van der Waals surface area contributed by atoms with E-state index in [1.807, 2.05) is 12.3 Å². The second-order valence-electron chi connectivity index (χ2n) is 5.75. The Kier molecular flexibility index (Phi) is 5.16. The monoisotopic (exact) mass is 296 g/mol. The molecule has 112 valence electrons. The van der Waals surface area contributed by atoms with Gasteiger partial charge < -0.3 is 0 Å². The molecule has 2 heterocycles. The summed E-state index contributed by atoms with van der Waals surface area (Å²) in [6.07, 6.45) is 6.75. The van der Waals surface area contributed by atoms with Crippen molar-refractivity contribution in [1.29, 1.82) is 0 Å². The summed E-state index contributed by atoms with van der Waals surface area (Å²) in [5.41, 5.74) is 1.25. The number of sulfone groups is 1. The van der Waals surface area contributed by atoms with Gasteiger partial charge in [-0.2, -0.15) is 0 Å². The Balaban J connectivity index is 1.90. The van der Waals surface area contributed by atoms with Crippen LogP contribution in [0.1, 0.15) is 44.7 Å². The molecule has 2 rings (SSSR count). The first-order valence-corrected chi connectivity index (χ1v) is 9.08. The Morgan fingerprint density at radius 2 is 2.25 bits per heavy atom. The highest BCUT2D eigenvalue weighted by Gasteiger charge is 2.26. The minimum atomic E-state index is -2.91. The predicted molar refractivity (Wildman–Crippen MR) is 81.3 cm³/mol. The van der Waals surface area contributed by atoms with Crippen LogP contribution in [0.4, 0.5) is 0 Å². The lowest BCUT2D eigenvalue weighted by Crippen LogP contribution is -2.27. The largest absolute Gasteiger partial charge is 0.296 e. The van der Waals surface area contributed by atoms with E-state index >= 15 is 0 Å².